The standard InChI is InChI=1S/C4H4O6S3.2K.2H/c5-12(6,7)3-1-2-4(11-3)13(8,9)10;;;;/h1-2H,(H,5,6,7)(H,8,9,10);;;;/q;2*+1;2*-1. The Bertz CT molecular complexity index is 477. The van der Waals surface area contributed by atoms with E-state index in [1.807, 2.05) is 0 Å². The molecule has 0 radical (unpaired) electrons. The molecule has 78 valence electrons. The van der Waals surface area contributed by atoms with Crippen molar-refractivity contribution in [2.45, 2.75) is 8.42 Å². The summed E-state index contributed by atoms with van der Waals surface area (Å²) in [6.45, 7) is 0. The van der Waals surface area contributed by atoms with Crippen LogP contribution in [0.2, 0.25) is 0 Å². The van der Waals surface area contributed by atoms with Crippen molar-refractivity contribution >= 4 is 31.6 Å². The van der Waals surface area contributed by atoms with Crippen LogP contribution < -0.4 is 103 Å². The van der Waals surface area contributed by atoms with Crippen LogP contribution in [0.25, 0.3) is 0 Å². The Hall–Kier alpha value is 2.79. The smallest absolute Gasteiger partial charge is 1.00 e. The summed E-state index contributed by atoms with van der Waals surface area (Å²) in [5, 5.41) is 0. The van der Waals surface area contributed by atoms with Gasteiger partial charge in [-0.25, -0.2) is 0 Å². The summed E-state index contributed by atoms with van der Waals surface area (Å²) in [6, 6.07) is 1.78. The molecular weight excluding hydrogens is 318 g/mol. The molecule has 11 heteroatoms. The summed E-state index contributed by atoms with van der Waals surface area (Å²) in [7, 11) is -8.80. The van der Waals surface area contributed by atoms with Crippen LogP contribution in [0.4, 0.5) is 0 Å². The molecule has 0 atom stereocenters. The van der Waals surface area contributed by atoms with Gasteiger partial charge in [0.05, 0.1) is 0 Å². The van der Waals surface area contributed by atoms with Crippen molar-refractivity contribution < 1.29 is 132 Å². The fourth-order valence-electron chi connectivity index (χ4n) is 0.581. The third kappa shape index (κ3) is 6.49. The van der Waals surface area contributed by atoms with E-state index in [1.165, 1.54) is 0 Å². The predicted molar refractivity (Wildman–Crippen MR) is 46.2 cm³/mol. The average Bonchev–Trinajstić information content (AvgIpc) is 2.28. The molecule has 1 heterocycles. The number of rotatable bonds is 2. The fourth-order valence-corrected chi connectivity index (χ4v) is 3.07. The maximum absolute atomic E-state index is 10.5. The molecule has 0 aliphatic rings. The molecule has 0 aliphatic heterocycles. The Morgan fingerprint density at radius 1 is 0.933 bits per heavy atom. The maximum atomic E-state index is 10.5. The van der Waals surface area contributed by atoms with Gasteiger partial charge >= 0.3 is 123 Å². The number of hydrogen-bond acceptors (Lipinski definition) is 5. The van der Waals surface area contributed by atoms with E-state index in [-0.39, 0.29) is 117 Å². The summed E-state index contributed by atoms with van der Waals surface area (Å²) < 4.78 is 57.7. The zero-order valence-corrected chi connectivity index (χ0v) is 16.6. The fraction of sp³-hybridized carbons (Fsp3) is 0. The normalized spacial score (nSPS) is 11.3. The number of hydrogen-bond donors (Lipinski definition) is 2. The van der Waals surface area contributed by atoms with E-state index in [0.717, 1.165) is 12.1 Å². The third-order valence-electron chi connectivity index (χ3n) is 1.07. The second-order valence-electron chi connectivity index (χ2n) is 2.02. The molecule has 15 heavy (non-hydrogen) atoms. The molecule has 6 nitrogen and oxygen atoms in total. The molecule has 0 saturated carbocycles. The maximum Gasteiger partial charge on any atom is 1.00 e. The van der Waals surface area contributed by atoms with Crippen molar-refractivity contribution in [3.8, 4) is 0 Å². The van der Waals surface area contributed by atoms with Crippen LogP contribution in [0.15, 0.2) is 20.6 Å². The van der Waals surface area contributed by atoms with Gasteiger partial charge in [0.25, 0.3) is 0 Å². The molecule has 1 aromatic heterocycles. The first kappa shape index (κ1) is 20.1. The van der Waals surface area contributed by atoms with Crippen molar-refractivity contribution in [3.63, 3.8) is 0 Å². The zero-order valence-electron chi connectivity index (χ0n) is 9.91. The Balaban J connectivity index is -0.000000211. The molecule has 2 N–H and O–H groups in total. The van der Waals surface area contributed by atoms with Crippen LogP contribution in [0.5, 0.6) is 0 Å². The van der Waals surface area contributed by atoms with E-state index in [1.54, 1.807) is 0 Å². The van der Waals surface area contributed by atoms with Gasteiger partial charge in [0.1, 0.15) is 8.42 Å². The van der Waals surface area contributed by atoms with Crippen LogP contribution in [0, 0.1) is 0 Å². The van der Waals surface area contributed by atoms with Crippen molar-refractivity contribution in [1.82, 2.24) is 0 Å². The summed E-state index contributed by atoms with van der Waals surface area (Å²) in [6.07, 6.45) is 0. The molecule has 0 fully saturated rings. The summed E-state index contributed by atoms with van der Waals surface area (Å²) in [5.41, 5.74) is 0. The molecule has 1 rings (SSSR count). The van der Waals surface area contributed by atoms with Crippen molar-refractivity contribution in [1.29, 1.82) is 0 Å². The van der Waals surface area contributed by atoms with E-state index in [2.05, 4.69) is 0 Å². The van der Waals surface area contributed by atoms with Gasteiger partial charge in [-0.2, -0.15) is 16.8 Å². The van der Waals surface area contributed by atoms with E-state index in [0.29, 0.717) is 0 Å². The van der Waals surface area contributed by atoms with Gasteiger partial charge in [-0.05, 0) is 12.1 Å². The van der Waals surface area contributed by atoms with Gasteiger partial charge in [0.15, 0.2) is 0 Å². The van der Waals surface area contributed by atoms with Crippen LogP contribution in [0.3, 0.4) is 0 Å². The van der Waals surface area contributed by atoms with E-state index in [9.17, 15) is 16.8 Å². The van der Waals surface area contributed by atoms with Crippen molar-refractivity contribution in [3.05, 3.63) is 12.1 Å². The number of thiophene rings is 1. The van der Waals surface area contributed by atoms with Gasteiger partial charge in [0.2, 0.25) is 0 Å². The SMILES string of the molecule is O=S(=O)(O)c1ccc(S(=O)(=O)O)s1.[H-].[H-].[K+].[K+]. The first-order valence-electron chi connectivity index (χ1n) is 2.76. The second kappa shape index (κ2) is 7.40. The molecule has 0 aliphatic carbocycles. The minimum absolute atomic E-state index is 0. The first-order chi connectivity index (χ1) is 5.71. The minimum atomic E-state index is -4.40. The molecule has 0 spiro atoms. The Kier molecular flexibility index (Phi) is 9.92. The van der Waals surface area contributed by atoms with Gasteiger partial charge in [-0.15, -0.1) is 11.3 Å². The zero-order chi connectivity index (χ0) is 10.3. The van der Waals surface area contributed by atoms with Crippen LogP contribution in [-0.4, -0.2) is 25.9 Å². The van der Waals surface area contributed by atoms with Gasteiger partial charge in [-0.3, -0.25) is 9.11 Å². The second-order valence-corrected chi connectivity index (χ2v) is 6.40. The van der Waals surface area contributed by atoms with E-state index < -0.39 is 28.7 Å². The Morgan fingerprint density at radius 2 is 1.20 bits per heavy atom. The van der Waals surface area contributed by atoms with Crippen molar-refractivity contribution in [2.24, 2.45) is 0 Å². The monoisotopic (exact) mass is 324 g/mol. The molecule has 1 aromatic rings. The Morgan fingerprint density at radius 3 is 1.33 bits per heavy atom. The molecular formula is C4H6K2O6S3. The van der Waals surface area contributed by atoms with E-state index in [4.69, 9.17) is 9.11 Å². The van der Waals surface area contributed by atoms with Gasteiger partial charge < -0.3 is 2.85 Å². The summed E-state index contributed by atoms with van der Waals surface area (Å²) in [4.78, 5) is 0. The van der Waals surface area contributed by atoms with Crippen LogP contribution >= 0.6 is 11.3 Å². The predicted octanol–water partition coefficient (Wildman–Crippen LogP) is -5.53. The first-order valence-corrected chi connectivity index (χ1v) is 6.46. The summed E-state index contributed by atoms with van der Waals surface area (Å²) >= 11 is 0.271. The van der Waals surface area contributed by atoms with Crippen molar-refractivity contribution in [2.75, 3.05) is 0 Å². The molecule has 0 bridgehead atoms. The Labute approximate surface area is 179 Å². The molecule has 0 unspecified atom stereocenters. The molecule has 0 saturated heterocycles. The largest absolute Gasteiger partial charge is 1.00 e. The van der Waals surface area contributed by atoms with Crippen LogP contribution in [-0.2, 0) is 20.2 Å². The van der Waals surface area contributed by atoms with E-state index >= 15 is 0 Å². The third-order valence-corrected chi connectivity index (χ3v) is 4.79. The van der Waals surface area contributed by atoms with Gasteiger partial charge in [-0.1, -0.05) is 0 Å². The quantitative estimate of drug-likeness (QED) is 0.415. The minimum Gasteiger partial charge on any atom is -1.00 e. The average molecular weight is 324 g/mol. The summed E-state index contributed by atoms with van der Waals surface area (Å²) in [5.74, 6) is 0. The molecule has 0 aromatic carbocycles. The topological polar surface area (TPSA) is 109 Å². The molecule has 0 amide bonds. The van der Waals surface area contributed by atoms with Crippen LogP contribution in [0.1, 0.15) is 2.85 Å². The van der Waals surface area contributed by atoms with Gasteiger partial charge in [0, 0.05) is 0 Å².